The summed E-state index contributed by atoms with van der Waals surface area (Å²) in [5.74, 6) is 0. The van der Waals surface area contributed by atoms with Gasteiger partial charge in [-0.05, 0) is 27.7 Å². The number of aryl methyl sites for hydroxylation is 3. The monoisotopic (exact) mass is 264 g/mol. The van der Waals surface area contributed by atoms with Crippen LogP contribution in [0, 0.1) is 20.8 Å². The molecular formula is C13H20N4S. The molecule has 0 spiro atoms. The minimum Gasteiger partial charge on any atom is -0.305 e. The van der Waals surface area contributed by atoms with Crippen LogP contribution in [0.5, 0.6) is 0 Å². The summed E-state index contributed by atoms with van der Waals surface area (Å²) in [6.07, 6.45) is 1.94. The third kappa shape index (κ3) is 2.62. The van der Waals surface area contributed by atoms with Crippen LogP contribution in [0.15, 0.2) is 6.20 Å². The summed E-state index contributed by atoms with van der Waals surface area (Å²) < 4.78 is 1.91. The number of thiazole rings is 1. The van der Waals surface area contributed by atoms with Gasteiger partial charge < -0.3 is 5.32 Å². The first kappa shape index (κ1) is 13.2. The number of hydrogen-bond acceptors (Lipinski definition) is 4. The van der Waals surface area contributed by atoms with E-state index in [0.717, 1.165) is 17.2 Å². The first-order chi connectivity index (χ1) is 8.49. The summed E-state index contributed by atoms with van der Waals surface area (Å²) in [7, 11) is 1.97. The molecular weight excluding hydrogens is 244 g/mol. The molecule has 0 radical (unpaired) electrons. The standard InChI is InChI=1S/C13H20N4S/c1-8(12-6-15-17(5)10(12)3)14-7-13-9(2)16-11(4)18-13/h6,8,14H,7H2,1-5H3. The summed E-state index contributed by atoms with van der Waals surface area (Å²) in [6.45, 7) is 9.26. The Morgan fingerprint density at radius 2 is 2.11 bits per heavy atom. The average molecular weight is 264 g/mol. The van der Waals surface area contributed by atoms with Crippen molar-refractivity contribution in [2.45, 2.75) is 40.3 Å². The van der Waals surface area contributed by atoms with Crippen molar-refractivity contribution >= 4 is 11.3 Å². The van der Waals surface area contributed by atoms with E-state index in [4.69, 9.17) is 0 Å². The third-order valence-corrected chi connectivity index (χ3v) is 4.38. The minimum absolute atomic E-state index is 0.306. The van der Waals surface area contributed by atoms with Crippen LogP contribution in [0.3, 0.4) is 0 Å². The van der Waals surface area contributed by atoms with Gasteiger partial charge in [-0.2, -0.15) is 5.10 Å². The molecule has 0 aliphatic carbocycles. The quantitative estimate of drug-likeness (QED) is 0.923. The fourth-order valence-corrected chi connectivity index (χ4v) is 2.92. The van der Waals surface area contributed by atoms with Gasteiger partial charge in [0.1, 0.15) is 0 Å². The zero-order valence-electron chi connectivity index (χ0n) is 11.6. The molecule has 0 fully saturated rings. The molecule has 2 rings (SSSR count). The molecule has 0 aromatic carbocycles. The zero-order valence-corrected chi connectivity index (χ0v) is 12.4. The first-order valence-electron chi connectivity index (χ1n) is 6.13. The second-order valence-electron chi connectivity index (χ2n) is 4.65. The van der Waals surface area contributed by atoms with E-state index in [-0.39, 0.29) is 0 Å². The molecule has 0 bridgehead atoms. The van der Waals surface area contributed by atoms with Gasteiger partial charge in [0.05, 0.1) is 16.9 Å². The van der Waals surface area contributed by atoms with Crippen LogP contribution in [0.2, 0.25) is 0 Å². The lowest BCUT2D eigenvalue weighted by atomic mass is 10.1. The molecule has 2 aromatic heterocycles. The fraction of sp³-hybridized carbons (Fsp3) is 0.538. The van der Waals surface area contributed by atoms with Gasteiger partial charge in [-0.1, -0.05) is 0 Å². The third-order valence-electron chi connectivity index (χ3n) is 3.31. The highest BCUT2D eigenvalue weighted by Crippen LogP contribution is 2.20. The molecule has 1 N–H and O–H groups in total. The molecule has 2 aromatic rings. The van der Waals surface area contributed by atoms with Crippen molar-refractivity contribution in [3.63, 3.8) is 0 Å². The Bertz CT molecular complexity index is 541. The molecule has 0 saturated carbocycles. The van der Waals surface area contributed by atoms with Crippen LogP contribution in [-0.2, 0) is 13.6 Å². The Labute approximate surface area is 112 Å². The van der Waals surface area contributed by atoms with Gasteiger partial charge >= 0.3 is 0 Å². The Hall–Kier alpha value is -1.20. The molecule has 4 nitrogen and oxygen atoms in total. The molecule has 2 heterocycles. The normalized spacial score (nSPS) is 12.9. The first-order valence-corrected chi connectivity index (χ1v) is 6.95. The molecule has 0 aliphatic rings. The van der Waals surface area contributed by atoms with E-state index in [0.29, 0.717) is 6.04 Å². The maximum absolute atomic E-state index is 4.45. The van der Waals surface area contributed by atoms with Gasteiger partial charge in [0, 0.05) is 35.8 Å². The van der Waals surface area contributed by atoms with Crippen molar-refractivity contribution in [1.82, 2.24) is 20.1 Å². The number of rotatable bonds is 4. The lowest BCUT2D eigenvalue weighted by Gasteiger charge is -2.13. The highest BCUT2D eigenvalue weighted by molar-refractivity contribution is 7.11. The lowest BCUT2D eigenvalue weighted by molar-refractivity contribution is 0.573. The molecule has 1 atom stereocenters. The van der Waals surface area contributed by atoms with E-state index >= 15 is 0 Å². The van der Waals surface area contributed by atoms with E-state index in [1.807, 2.05) is 17.9 Å². The van der Waals surface area contributed by atoms with E-state index in [2.05, 4.69) is 43.1 Å². The smallest absolute Gasteiger partial charge is 0.0900 e. The van der Waals surface area contributed by atoms with Gasteiger partial charge in [0.15, 0.2) is 0 Å². The predicted molar refractivity (Wildman–Crippen MR) is 74.8 cm³/mol. The van der Waals surface area contributed by atoms with Crippen molar-refractivity contribution in [2.24, 2.45) is 7.05 Å². The molecule has 0 aliphatic heterocycles. The van der Waals surface area contributed by atoms with Crippen LogP contribution in [0.4, 0.5) is 0 Å². The fourth-order valence-electron chi connectivity index (χ4n) is 2.03. The Kier molecular flexibility index (Phi) is 3.82. The van der Waals surface area contributed by atoms with Crippen LogP contribution in [0.25, 0.3) is 0 Å². The maximum Gasteiger partial charge on any atom is 0.0900 e. The van der Waals surface area contributed by atoms with Crippen molar-refractivity contribution in [3.05, 3.63) is 33.0 Å². The van der Waals surface area contributed by atoms with E-state index in [9.17, 15) is 0 Å². The molecule has 18 heavy (non-hydrogen) atoms. The second kappa shape index (κ2) is 5.20. The lowest BCUT2D eigenvalue weighted by Crippen LogP contribution is -2.18. The summed E-state index contributed by atoms with van der Waals surface area (Å²) in [5.41, 5.74) is 3.61. The SMILES string of the molecule is Cc1nc(C)c(CNC(C)c2cnn(C)c2C)s1. The van der Waals surface area contributed by atoms with Crippen molar-refractivity contribution < 1.29 is 0 Å². The van der Waals surface area contributed by atoms with Gasteiger partial charge in [0.25, 0.3) is 0 Å². The van der Waals surface area contributed by atoms with Crippen LogP contribution in [-0.4, -0.2) is 14.8 Å². The van der Waals surface area contributed by atoms with Gasteiger partial charge in [0.2, 0.25) is 0 Å². The summed E-state index contributed by atoms with van der Waals surface area (Å²) in [5, 5.41) is 8.96. The Morgan fingerprint density at radius 3 is 2.61 bits per heavy atom. The Balaban J connectivity index is 2.02. The molecule has 0 saturated heterocycles. The second-order valence-corrected chi connectivity index (χ2v) is 5.94. The summed E-state index contributed by atoms with van der Waals surface area (Å²) in [4.78, 5) is 5.77. The number of hydrogen-bond donors (Lipinski definition) is 1. The zero-order chi connectivity index (χ0) is 13.3. The molecule has 0 amide bonds. The molecule has 98 valence electrons. The summed E-state index contributed by atoms with van der Waals surface area (Å²) in [6, 6.07) is 0.306. The number of nitrogens with one attached hydrogen (secondary N) is 1. The van der Waals surface area contributed by atoms with Crippen LogP contribution in [0.1, 0.15) is 39.8 Å². The van der Waals surface area contributed by atoms with Crippen molar-refractivity contribution in [2.75, 3.05) is 0 Å². The van der Waals surface area contributed by atoms with Gasteiger partial charge in [-0.3, -0.25) is 4.68 Å². The van der Waals surface area contributed by atoms with Gasteiger partial charge in [-0.15, -0.1) is 11.3 Å². The van der Waals surface area contributed by atoms with Gasteiger partial charge in [-0.25, -0.2) is 4.98 Å². The highest BCUT2D eigenvalue weighted by Gasteiger charge is 2.12. The summed E-state index contributed by atoms with van der Waals surface area (Å²) >= 11 is 1.77. The van der Waals surface area contributed by atoms with Crippen molar-refractivity contribution in [1.29, 1.82) is 0 Å². The average Bonchev–Trinajstić information content (AvgIpc) is 2.80. The molecule has 5 heteroatoms. The maximum atomic E-state index is 4.45. The molecule has 1 unspecified atom stereocenters. The van der Waals surface area contributed by atoms with Crippen LogP contribution >= 0.6 is 11.3 Å². The Morgan fingerprint density at radius 1 is 1.39 bits per heavy atom. The minimum atomic E-state index is 0.306. The largest absolute Gasteiger partial charge is 0.305 e. The number of aromatic nitrogens is 3. The van der Waals surface area contributed by atoms with E-state index < -0.39 is 0 Å². The number of nitrogens with zero attached hydrogens (tertiary/aromatic N) is 3. The van der Waals surface area contributed by atoms with E-state index in [1.54, 1.807) is 11.3 Å². The predicted octanol–water partition coefficient (Wildman–Crippen LogP) is 2.65. The topological polar surface area (TPSA) is 42.7 Å². The van der Waals surface area contributed by atoms with Crippen LogP contribution < -0.4 is 5.32 Å². The highest BCUT2D eigenvalue weighted by atomic mass is 32.1. The van der Waals surface area contributed by atoms with Crippen molar-refractivity contribution in [3.8, 4) is 0 Å². The van der Waals surface area contributed by atoms with E-state index in [1.165, 1.54) is 16.1 Å².